The lowest BCUT2D eigenvalue weighted by molar-refractivity contribution is -0.116. The predicted molar refractivity (Wildman–Crippen MR) is 79.4 cm³/mol. The minimum atomic E-state index is -0.426. The molecule has 0 saturated heterocycles. The van der Waals surface area contributed by atoms with Crippen molar-refractivity contribution in [2.45, 2.75) is 51.7 Å². The summed E-state index contributed by atoms with van der Waals surface area (Å²) in [5.74, 6) is -0.0823. The Morgan fingerprint density at radius 2 is 2.05 bits per heavy atom. The van der Waals surface area contributed by atoms with Gasteiger partial charge in [-0.3, -0.25) is 4.79 Å². The van der Waals surface area contributed by atoms with Crippen LogP contribution in [-0.4, -0.2) is 39.5 Å². The van der Waals surface area contributed by atoms with Gasteiger partial charge in [-0.25, -0.2) is 0 Å². The predicted octanol–water partition coefficient (Wildman–Crippen LogP) is 1.55. The average molecular weight is 314 g/mol. The Kier molecular flexibility index (Phi) is 5.17. The van der Waals surface area contributed by atoms with Crippen molar-refractivity contribution in [3.8, 4) is 6.01 Å². The standard InChI is InChI=1S/C13H20ClN5O2/c1-8(2)21-13-17-11(14)16-12(18-13)19(7-10(15)20)9-5-3-4-6-9/h8-9H,3-7H2,1-2H3,(H2,15,20). The highest BCUT2D eigenvalue weighted by molar-refractivity contribution is 6.28. The SMILES string of the molecule is CC(C)Oc1nc(Cl)nc(N(CC(N)=O)C2CCCC2)n1. The van der Waals surface area contributed by atoms with Crippen LogP contribution in [0.2, 0.25) is 5.28 Å². The Balaban J connectivity index is 2.29. The van der Waals surface area contributed by atoms with E-state index in [1.807, 2.05) is 13.8 Å². The van der Waals surface area contributed by atoms with Gasteiger partial charge >= 0.3 is 6.01 Å². The number of carbonyl (C=O) groups excluding carboxylic acids is 1. The molecule has 1 aliphatic rings. The summed E-state index contributed by atoms with van der Waals surface area (Å²) in [6.45, 7) is 3.80. The summed E-state index contributed by atoms with van der Waals surface area (Å²) in [5.41, 5.74) is 5.34. The third-order valence-electron chi connectivity index (χ3n) is 3.27. The second-order valence-corrected chi connectivity index (χ2v) is 5.72. The van der Waals surface area contributed by atoms with E-state index in [1.54, 1.807) is 4.90 Å². The van der Waals surface area contributed by atoms with Crippen LogP contribution < -0.4 is 15.4 Å². The van der Waals surface area contributed by atoms with Gasteiger partial charge in [0.25, 0.3) is 0 Å². The summed E-state index contributed by atoms with van der Waals surface area (Å²) in [5, 5.41) is 0.0446. The first-order chi connectivity index (χ1) is 9.95. The number of carbonyl (C=O) groups is 1. The highest BCUT2D eigenvalue weighted by Crippen LogP contribution is 2.27. The van der Waals surface area contributed by atoms with Crippen LogP contribution in [0, 0.1) is 0 Å². The van der Waals surface area contributed by atoms with Gasteiger partial charge < -0.3 is 15.4 Å². The van der Waals surface area contributed by atoms with E-state index in [0.717, 1.165) is 25.7 Å². The quantitative estimate of drug-likeness (QED) is 0.856. The lowest BCUT2D eigenvalue weighted by Gasteiger charge is -2.27. The van der Waals surface area contributed by atoms with Gasteiger partial charge in [0, 0.05) is 6.04 Å². The molecule has 1 fully saturated rings. The normalized spacial score (nSPS) is 15.4. The van der Waals surface area contributed by atoms with E-state index in [1.165, 1.54) is 0 Å². The number of rotatable bonds is 6. The molecule has 21 heavy (non-hydrogen) atoms. The summed E-state index contributed by atoms with van der Waals surface area (Å²) in [6, 6.07) is 0.357. The monoisotopic (exact) mass is 313 g/mol. The molecule has 1 aromatic rings. The first-order valence-corrected chi connectivity index (χ1v) is 7.46. The second kappa shape index (κ2) is 6.89. The van der Waals surface area contributed by atoms with Gasteiger partial charge in [0.1, 0.15) is 0 Å². The van der Waals surface area contributed by atoms with E-state index in [4.69, 9.17) is 22.1 Å². The van der Waals surface area contributed by atoms with Crippen LogP contribution in [0.4, 0.5) is 5.95 Å². The molecule has 0 unspecified atom stereocenters. The number of hydrogen-bond donors (Lipinski definition) is 1. The van der Waals surface area contributed by atoms with E-state index >= 15 is 0 Å². The summed E-state index contributed by atoms with van der Waals surface area (Å²) in [7, 11) is 0. The number of primary amides is 1. The minimum absolute atomic E-state index is 0.0446. The highest BCUT2D eigenvalue weighted by atomic mass is 35.5. The maximum absolute atomic E-state index is 11.3. The van der Waals surface area contributed by atoms with Crippen molar-refractivity contribution in [3.63, 3.8) is 0 Å². The zero-order valence-corrected chi connectivity index (χ0v) is 13.0. The summed E-state index contributed by atoms with van der Waals surface area (Å²) in [6.07, 6.45) is 4.13. The van der Waals surface area contributed by atoms with Gasteiger partial charge in [-0.15, -0.1) is 0 Å². The van der Waals surface area contributed by atoms with Gasteiger partial charge in [-0.1, -0.05) is 12.8 Å². The molecule has 0 aromatic carbocycles. The molecule has 1 aromatic heterocycles. The molecule has 8 heteroatoms. The summed E-state index contributed by atoms with van der Waals surface area (Å²) >= 11 is 5.94. The number of nitrogens with two attached hydrogens (primary N) is 1. The molecule has 7 nitrogen and oxygen atoms in total. The lowest BCUT2D eigenvalue weighted by Crippen LogP contribution is -2.41. The fourth-order valence-corrected chi connectivity index (χ4v) is 2.61. The molecule has 116 valence electrons. The van der Waals surface area contributed by atoms with Crippen LogP contribution in [0.25, 0.3) is 0 Å². The van der Waals surface area contributed by atoms with E-state index in [0.29, 0.717) is 5.95 Å². The van der Waals surface area contributed by atoms with Crippen molar-refractivity contribution in [1.29, 1.82) is 0 Å². The van der Waals surface area contributed by atoms with E-state index in [9.17, 15) is 4.79 Å². The number of anilines is 1. The third kappa shape index (κ3) is 4.42. The van der Waals surface area contributed by atoms with Crippen molar-refractivity contribution in [2.75, 3.05) is 11.4 Å². The number of halogens is 1. The molecule has 1 aliphatic carbocycles. The lowest BCUT2D eigenvalue weighted by atomic mass is 10.2. The molecular formula is C13H20ClN5O2. The Morgan fingerprint density at radius 3 is 2.62 bits per heavy atom. The zero-order chi connectivity index (χ0) is 15.4. The largest absolute Gasteiger partial charge is 0.461 e. The minimum Gasteiger partial charge on any atom is -0.461 e. The number of aromatic nitrogens is 3. The van der Waals surface area contributed by atoms with Crippen LogP contribution in [0.15, 0.2) is 0 Å². The number of amides is 1. The van der Waals surface area contributed by atoms with Gasteiger partial charge in [0.2, 0.25) is 17.1 Å². The maximum Gasteiger partial charge on any atom is 0.322 e. The highest BCUT2D eigenvalue weighted by Gasteiger charge is 2.27. The smallest absolute Gasteiger partial charge is 0.322 e. The summed E-state index contributed by atoms with van der Waals surface area (Å²) < 4.78 is 5.46. The van der Waals surface area contributed by atoms with Crippen molar-refractivity contribution < 1.29 is 9.53 Å². The molecule has 0 spiro atoms. The Bertz CT molecular complexity index is 505. The molecule has 0 aliphatic heterocycles. The van der Waals surface area contributed by atoms with E-state index < -0.39 is 5.91 Å². The van der Waals surface area contributed by atoms with Crippen LogP contribution in [0.5, 0.6) is 6.01 Å². The molecule has 1 heterocycles. The van der Waals surface area contributed by atoms with Crippen LogP contribution in [0.1, 0.15) is 39.5 Å². The molecule has 1 saturated carbocycles. The van der Waals surface area contributed by atoms with Crippen LogP contribution >= 0.6 is 11.6 Å². The van der Waals surface area contributed by atoms with Gasteiger partial charge in [0.05, 0.1) is 12.6 Å². The van der Waals surface area contributed by atoms with Gasteiger partial charge in [-0.05, 0) is 38.3 Å². The number of nitrogens with zero attached hydrogens (tertiary/aromatic N) is 4. The Labute approximate surface area is 128 Å². The van der Waals surface area contributed by atoms with E-state index in [2.05, 4.69) is 15.0 Å². The molecule has 1 amide bonds. The van der Waals surface area contributed by atoms with Crippen LogP contribution in [-0.2, 0) is 4.79 Å². The zero-order valence-electron chi connectivity index (χ0n) is 12.3. The van der Waals surface area contributed by atoms with Crippen molar-refractivity contribution in [3.05, 3.63) is 5.28 Å². The van der Waals surface area contributed by atoms with Gasteiger partial charge in [-0.2, -0.15) is 15.0 Å². The molecule has 0 bridgehead atoms. The van der Waals surface area contributed by atoms with Crippen molar-refractivity contribution >= 4 is 23.5 Å². The molecule has 0 atom stereocenters. The fourth-order valence-electron chi connectivity index (χ4n) is 2.46. The summed E-state index contributed by atoms with van der Waals surface area (Å²) in [4.78, 5) is 25.5. The molecule has 2 N–H and O–H groups in total. The molecule has 0 radical (unpaired) electrons. The topological polar surface area (TPSA) is 94.2 Å². The van der Waals surface area contributed by atoms with Crippen LogP contribution in [0.3, 0.4) is 0 Å². The second-order valence-electron chi connectivity index (χ2n) is 5.39. The Hall–Kier alpha value is -1.63. The van der Waals surface area contributed by atoms with Crippen molar-refractivity contribution in [1.82, 2.24) is 15.0 Å². The molecule has 2 rings (SSSR count). The first-order valence-electron chi connectivity index (χ1n) is 7.09. The van der Waals surface area contributed by atoms with Gasteiger partial charge in [0.15, 0.2) is 0 Å². The Morgan fingerprint density at radius 1 is 1.38 bits per heavy atom. The number of hydrogen-bond acceptors (Lipinski definition) is 6. The van der Waals surface area contributed by atoms with Crippen molar-refractivity contribution in [2.24, 2.45) is 5.73 Å². The average Bonchev–Trinajstić information content (AvgIpc) is 2.87. The molecular weight excluding hydrogens is 294 g/mol. The maximum atomic E-state index is 11.3. The number of ether oxygens (including phenoxy) is 1. The first kappa shape index (κ1) is 15.8. The van der Waals surface area contributed by atoms with E-state index in [-0.39, 0.29) is 30.0 Å². The third-order valence-corrected chi connectivity index (χ3v) is 3.43. The fraction of sp³-hybridized carbons (Fsp3) is 0.692.